The van der Waals surface area contributed by atoms with Crippen LogP contribution >= 0.6 is 0 Å². The summed E-state index contributed by atoms with van der Waals surface area (Å²) in [5.41, 5.74) is 1.10. The number of morpholine rings is 1. The maximum atomic E-state index is 13.2. The van der Waals surface area contributed by atoms with Gasteiger partial charge in [0.25, 0.3) is 5.91 Å². The van der Waals surface area contributed by atoms with Crippen LogP contribution in [0.25, 0.3) is 0 Å². The maximum absolute atomic E-state index is 13.2. The highest BCUT2D eigenvalue weighted by atomic mass is 19.4. The number of halogens is 3. The monoisotopic (exact) mass is 545 g/mol. The maximum Gasteiger partial charge on any atom is 0.573 e. The molecule has 39 heavy (non-hydrogen) atoms. The molecule has 4 atom stereocenters. The molecule has 210 valence electrons. The van der Waals surface area contributed by atoms with Crippen LogP contribution in [0.5, 0.6) is 5.75 Å². The fourth-order valence-electron chi connectivity index (χ4n) is 6.23. The van der Waals surface area contributed by atoms with Crippen LogP contribution < -0.4 is 10.1 Å². The Morgan fingerprint density at radius 1 is 1.00 bits per heavy atom. The minimum atomic E-state index is -4.88. The normalized spacial score (nSPS) is 25.7. The van der Waals surface area contributed by atoms with Crippen molar-refractivity contribution in [3.8, 4) is 5.75 Å². The molecule has 0 radical (unpaired) electrons. The number of nitrogens with one attached hydrogen (secondary N) is 1. The number of para-hydroxylation sites is 1. The Morgan fingerprint density at radius 3 is 2.56 bits per heavy atom. The van der Waals surface area contributed by atoms with E-state index in [0.717, 1.165) is 38.4 Å². The number of rotatable bonds is 7. The third-order valence-corrected chi connectivity index (χ3v) is 8.11. The summed E-state index contributed by atoms with van der Waals surface area (Å²) in [7, 11) is 0. The number of likely N-dealkylation sites (tertiary alicyclic amines) is 1. The van der Waals surface area contributed by atoms with Crippen molar-refractivity contribution in [3.05, 3.63) is 65.7 Å². The lowest BCUT2D eigenvalue weighted by Crippen LogP contribution is -2.50. The number of carbonyl (C=O) groups excluding carboxylic acids is 2. The van der Waals surface area contributed by atoms with E-state index in [1.54, 1.807) is 4.90 Å². The SMILES string of the molecule is O=C(NC[C@H]1CCC[C@@H]2CN(C(=O)c3ccccc3OC(F)(F)F)C[C@H]12)C1CN(Cc2ccccc2)CCO1. The molecule has 1 saturated carbocycles. The molecule has 2 amide bonds. The molecule has 1 unspecified atom stereocenters. The summed E-state index contributed by atoms with van der Waals surface area (Å²) >= 11 is 0. The Hall–Kier alpha value is -3.11. The molecule has 0 spiro atoms. The largest absolute Gasteiger partial charge is 0.573 e. The van der Waals surface area contributed by atoms with Gasteiger partial charge in [-0.3, -0.25) is 14.5 Å². The van der Waals surface area contributed by atoms with E-state index in [9.17, 15) is 22.8 Å². The number of carbonyl (C=O) groups is 2. The van der Waals surface area contributed by atoms with Gasteiger partial charge in [-0.2, -0.15) is 0 Å². The van der Waals surface area contributed by atoms with Crippen molar-refractivity contribution < 1.29 is 32.2 Å². The van der Waals surface area contributed by atoms with Crippen LogP contribution in [-0.2, 0) is 16.1 Å². The number of alkyl halides is 3. The molecular formula is C29H34F3N3O4. The van der Waals surface area contributed by atoms with Crippen molar-refractivity contribution in [2.24, 2.45) is 17.8 Å². The lowest BCUT2D eigenvalue weighted by molar-refractivity contribution is -0.274. The summed E-state index contributed by atoms with van der Waals surface area (Å²) in [6, 6.07) is 15.6. The van der Waals surface area contributed by atoms with Gasteiger partial charge in [-0.15, -0.1) is 13.2 Å². The lowest BCUT2D eigenvalue weighted by atomic mass is 9.74. The Labute approximate surface area is 226 Å². The van der Waals surface area contributed by atoms with Gasteiger partial charge < -0.3 is 19.7 Å². The Balaban J connectivity index is 1.16. The Bertz CT molecular complexity index is 1150. The Kier molecular flexibility index (Phi) is 8.42. The highest BCUT2D eigenvalue weighted by molar-refractivity contribution is 5.97. The number of fused-ring (bicyclic) bond motifs is 1. The van der Waals surface area contributed by atoms with E-state index < -0.39 is 24.1 Å². The van der Waals surface area contributed by atoms with Crippen molar-refractivity contribution >= 4 is 11.8 Å². The molecule has 2 aromatic carbocycles. The molecule has 1 aliphatic carbocycles. The number of nitrogens with zero attached hydrogens (tertiary/aromatic N) is 2. The lowest BCUT2D eigenvalue weighted by Gasteiger charge is -2.35. The van der Waals surface area contributed by atoms with Gasteiger partial charge in [0, 0.05) is 39.3 Å². The molecule has 3 fully saturated rings. The molecular weight excluding hydrogens is 511 g/mol. The summed E-state index contributed by atoms with van der Waals surface area (Å²) in [5.74, 6) is -0.438. The first-order valence-corrected chi connectivity index (χ1v) is 13.6. The van der Waals surface area contributed by atoms with E-state index >= 15 is 0 Å². The number of benzene rings is 2. The minimum absolute atomic E-state index is 0.0900. The fraction of sp³-hybridized carbons (Fsp3) is 0.517. The van der Waals surface area contributed by atoms with Crippen LogP contribution in [0, 0.1) is 17.8 Å². The molecule has 2 aliphatic heterocycles. The quantitative estimate of drug-likeness (QED) is 0.568. The van der Waals surface area contributed by atoms with Gasteiger partial charge in [0.15, 0.2) is 0 Å². The van der Waals surface area contributed by atoms with E-state index in [1.807, 2.05) is 18.2 Å². The molecule has 2 heterocycles. The van der Waals surface area contributed by atoms with E-state index in [1.165, 1.54) is 23.8 Å². The van der Waals surface area contributed by atoms with Crippen LogP contribution in [-0.4, -0.2) is 73.4 Å². The van der Waals surface area contributed by atoms with Gasteiger partial charge >= 0.3 is 6.36 Å². The number of amides is 2. The summed E-state index contributed by atoms with van der Waals surface area (Å²) in [6.45, 7) is 4.00. The van der Waals surface area contributed by atoms with Gasteiger partial charge in [-0.25, -0.2) is 0 Å². The number of ether oxygens (including phenoxy) is 2. The Morgan fingerprint density at radius 2 is 1.77 bits per heavy atom. The van der Waals surface area contributed by atoms with Crippen molar-refractivity contribution in [1.82, 2.24) is 15.1 Å². The topological polar surface area (TPSA) is 71.1 Å². The zero-order valence-electron chi connectivity index (χ0n) is 21.7. The second-order valence-electron chi connectivity index (χ2n) is 10.7. The summed E-state index contributed by atoms with van der Waals surface area (Å²) in [6.07, 6.45) is -2.53. The van der Waals surface area contributed by atoms with E-state index in [-0.39, 0.29) is 29.2 Å². The summed E-state index contributed by atoms with van der Waals surface area (Å²) in [5, 5.41) is 3.09. The molecule has 2 saturated heterocycles. The van der Waals surface area contributed by atoms with Crippen LogP contribution in [0.3, 0.4) is 0 Å². The van der Waals surface area contributed by atoms with Gasteiger partial charge in [-0.1, -0.05) is 48.9 Å². The van der Waals surface area contributed by atoms with Crippen molar-refractivity contribution in [1.29, 1.82) is 0 Å². The molecule has 7 nitrogen and oxygen atoms in total. The molecule has 5 rings (SSSR count). The first-order valence-electron chi connectivity index (χ1n) is 13.6. The van der Waals surface area contributed by atoms with Crippen molar-refractivity contribution in [2.45, 2.75) is 38.3 Å². The third kappa shape index (κ3) is 6.91. The number of hydrogen-bond acceptors (Lipinski definition) is 5. The van der Waals surface area contributed by atoms with Crippen molar-refractivity contribution in [3.63, 3.8) is 0 Å². The van der Waals surface area contributed by atoms with E-state index in [0.29, 0.717) is 32.8 Å². The first-order chi connectivity index (χ1) is 18.8. The van der Waals surface area contributed by atoms with Gasteiger partial charge in [0.05, 0.1) is 12.2 Å². The minimum Gasteiger partial charge on any atom is -0.405 e. The molecule has 0 aromatic heterocycles. The predicted molar refractivity (Wildman–Crippen MR) is 138 cm³/mol. The fourth-order valence-corrected chi connectivity index (χ4v) is 6.23. The average Bonchev–Trinajstić information content (AvgIpc) is 3.37. The predicted octanol–water partition coefficient (Wildman–Crippen LogP) is 4.09. The second-order valence-corrected chi connectivity index (χ2v) is 10.7. The van der Waals surface area contributed by atoms with Gasteiger partial charge in [0.2, 0.25) is 5.91 Å². The van der Waals surface area contributed by atoms with Gasteiger partial charge in [-0.05, 0) is 48.3 Å². The van der Waals surface area contributed by atoms with Crippen LogP contribution in [0.4, 0.5) is 13.2 Å². The van der Waals surface area contributed by atoms with Gasteiger partial charge in [0.1, 0.15) is 11.9 Å². The molecule has 3 aliphatic rings. The molecule has 2 aromatic rings. The van der Waals surface area contributed by atoms with E-state index in [2.05, 4.69) is 27.1 Å². The van der Waals surface area contributed by atoms with Crippen LogP contribution in [0.15, 0.2) is 54.6 Å². The zero-order valence-corrected chi connectivity index (χ0v) is 21.7. The third-order valence-electron chi connectivity index (χ3n) is 8.11. The van der Waals surface area contributed by atoms with Crippen LogP contribution in [0.1, 0.15) is 35.2 Å². The van der Waals surface area contributed by atoms with Crippen molar-refractivity contribution in [2.75, 3.05) is 39.3 Å². The standard InChI is InChI=1S/C29H34F3N3O4/c30-29(31,32)39-25-12-5-4-11-23(25)28(37)35-17-22-10-6-9-21(24(22)18-35)15-33-27(36)26-19-34(13-14-38-26)16-20-7-2-1-3-8-20/h1-5,7-8,11-12,21-22,24,26H,6,9-10,13-19H2,(H,33,36)/t21-,22-,24-,26?/m1/s1. The summed E-state index contributed by atoms with van der Waals surface area (Å²) in [4.78, 5) is 30.1. The average molecular weight is 546 g/mol. The summed E-state index contributed by atoms with van der Waals surface area (Å²) < 4.78 is 48.5. The highest BCUT2D eigenvalue weighted by Gasteiger charge is 2.43. The number of hydrogen-bond donors (Lipinski definition) is 1. The zero-order chi connectivity index (χ0) is 27.4. The molecule has 1 N–H and O–H groups in total. The van der Waals surface area contributed by atoms with E-state index in [4.69, 9.17) is 4.74 Å². The second kappa shape index (κ2) is 12.0. The first kappa shape index (κ1) is 27.5. The highest BCUT2D eigenvalue weighted by Crippen LogP contribution is 2.41. The van der Waals surface area contributed by atoms with Crippen LogP contribution in [0.2, 0.25) is 0 Å². The molecule has 0 bridgehead atoms. The smallest absolute Gasteiger partial charge is 0.405 e. The molecule has 10 heteroatoms.